The molecule has 0 radical (unpaired) electrons. The van der Waals surface area contributed by atoms with Crippen LogP contribution in [0.3, 0.4) is 0 Å². The molecule has 0 bridgehead atoms. The van der Waals surface area contributed by atoms with Gasteiger partial charge in [-0.15, -0.1) is 11.3 Å². The van der Waals surface area contributed by atoms with Gasteiger partial charge in [-0.05, 0) is 23.3 Å². The number of rotatable bonds is 7. The van der Waals surface area contributed by atoms with E-state index in [-0.39, 0.29) is 12.3 Å². The number of benzene rings is 1. The summed E-state index contributed by atoms with van der Waals surface area (Å²) < 4.78 is 27.0. The van der Waals surface area contributed by atoms with E-state index in [2.05, 4.69) is 4.72 Å². The summed E-state index contributed by atoms with van der Waals surface area (Å²) in [5.41, 5.74) is 0.781. The van der Waals surface area contributed by atoms with Gasteiger partial charge in [0.1, 0.15) is 0 Å². The summed E-state index contributed by atoms with van der Waals surface area (Å²) in [6.45, 7) is 1.97. The predicted molar refractivity (Wildman–Crippen MR) is 83.5 cm³/mol. The van der Waals surface area contributed by atoms with E-state index in [9.17, 15) is 13.5 Å². The molecule has 1 unspecified atom stereocenters. The van der Waals surface area contributed by atoms with Crippen LogP contribution in [0.1, 0.15) is 31.4 Å². The van der Waals surface area contributed by atoms with Gasteiger partial charge in [-0.3, -0.25) is 0 Å². The molecule has 2 rings (SSSR count). The van der Waals surface area contributed by atoms with E-state index < -0.39 is 16.1 Å². The third kappa shape index (κ3) is 3.79. The second kappa shape index (κ2) is 6.67. The Hall–Kier alpha value is -0.950. The summed E-state index contributed by atoms with van der Waals surface area (Å²) in [5, 5.41) is 13.0. The SMILES string of the molecule is CCCCS(=O)(=O)NCC(O)c1csc2ccccc12. The molecule has 4 nitrogen and oxygen atoms in total. The van der Waals surface area contributed by atoms with Gasteiger partial charge >= 0.3 is 0 Å². The molecule has 2 aromatic rings. The number of unbranched alkanes of at least 4 members (excludes halogenated alkanes) is 1. The average Bonchev–Trinajstić information content (AvgIpc) is 2.87. The van der Waals surface area contributed by atoms with Crippen molar-refractivity contribution in [1.82, 2.24) is 4.72 Å². The molecule has 0 aliphatic heterocycles. The highest BCUT2D eigenvalue weighted by atomic mass is 32.2. The van der Waals surface area contributed by atoms with E-state index in [4.69, 9.17) is 0 Å². The first kappa shape index (κ1) is 15.4. The molecule has 0 spiro atoms. The van der Waals surface area contributed by atoms with E-state index >= 15 is 0 Å². The van der Waals surface area contributed by atoms with Crippen LogP contribution in [0.25, 0.3) is 10.1 Å². The molecule has 0 fully saturated rings. The summed E-state index contributed by atoms with van der Waals surface area (Å²) in [4.78, 5) is 0. The van der Waals surface area contributed by atoms with Crippen molar-refractivity contribution in [2.45, 2.75) is 25.9 Å². The Bertz CT molecular complexity index is 664. The van der Waals surface area contributed by atoms with Gasteiger partial charge in [0.25, 0.3) is 0 Å². The third-order valence-corrected chi connectivity index (χ3v) is 5.55. The van der Waals surface area contributed by atoms with Gasteiger partial charge in [0.15, 0.2) is 0 Å². The first-order chi connectivity index (χ1) is 9.53. The summed E-state index contributed by atoms with van der Waals surface area (Å²) in [5.74, 6) is 0.112. The van der Waals surface area contributed by atoms with Crippen LogP contribution >= 0.6 is 11.3 Å². The van der Waals surface area contributed by atoms with Crippen LogP contribution < -0.4 is 4.72 Å². The van der Waals surface area contributed by atoms with Crippen molar-refractivity contribution in [1.29, 1.82) is 0 Å². The van der Waals surface area contributed by atoms with Gasteiger partial charge in [-0.2, -0.15) is 0 Å². The fourth-order valence-electron chi connectivity index (χ4n) is 1.98. The van der Waals surface area contributed by atoms with Crippen LogP contribution in [-0.2, 0) is 10.0 Å². The topological polar surface area (TPSA) is 66.4 Å². The smallest absolute Gasteiger partial charge is 0.211 e. The van der Waals surface area contributed by atoms with E-state index in [1.807, 2.05) is 36.6 Å². The van der Waals surface area contributed by atoms with Crippen LogP contribution in [0, 0.1) is 0 Å². The number of thiophene rings is 1. The van der Waals surface area contributed by atoms with Gasteiger partial charge in [0, 0.05) is 16.8 Å². The number of hydrogen-bond donors (Lipinski definition) is 2. The van der Waals surface area contributed by atoms with Crippen molar-refractivity contribution in [3.05, 3.63) is 35.2 Å². The zero-order chi connectivity index (χ0) is 14.6. The summed E-state index contributed by atoms with van der Waals surface area (Å²) in [6.07, 6.45) is 0.647. The number of fused-ring (bicyclic) bond motifs is 1. The second-order valence-electron chi connectivity index (χ2n) is 4.72. The fraction of sp³-hybridized carbons (Fsp3) is 0.429. The first-order valence-electron chi connectivity index (χ1n) is 6.65. The highest BCUT2D eigenvalue weighted by molar-refractivity contribution is 7.89. The molecule has 110 valence electrons. The van der Waals surface area contributed by atoms with Gasteiger partial charge in [0.05, 0.1) is 11.9 Å². The lowest BCUT2D eigenvalue weighted by atomic mass is 10.1. The lowest BCUT2D eigenvalue weighted by Crippen LogP contribution is -2.30. The third-order valence-electron chi connectivity index (χ3n) is 3.13. The number of hydrogen-bond acceptors (Lipinski definition) is 4. The highest BCUT2D eigenvalue weighted by Crippen LogP contribution is 2.29. The largest absolute Gasteiger partial charge is 0.387 e. The molecule has 20 heavy (non-hydrogen) atoms. The average molecular weight is 313 g/mol. The van der Waals surface area contributed by atoms with Gasteiger partial charge in [-0.1, -0.05) is 31.5 Å². The Labute approximate surface area is 123 Å². The normalized spacial score (nSPS) is 13.7. The molecule has 0 saturated heterocycles. The monoisotopic (exact) mass is 313 g/mol. The maximum Gasteiger partial charge on any atom is 0.211 e. The van der Waals surface area contributed by atoms with Crippen molar-refractivity contribution in [3.63, 3.8) is 0 Å². The van der Waals surface area contributed by atoms with Crippen LogP contribution in [0.2, 0.25) is 0 Å². The zero-order valence-corrected chi connectivity index (χ0v) is 13.0. The molecule has 1 aromatic heterocycles. The van der Waals surface area contributed by atoms with Crippen LogP contribution in [-0.4, -0.2) is 25.8 Å². The minimum atomic E-state index is -3.29. The Morgan fingerprint density at radius 1 is 1.35 bits per heavy atom. The quantitative estimate of drug-likeness (QED) is 0.826. The molecular formula is C14H19NO3S2. The molecule has 0 saturated carbocycles. The van der Waals surface area contributed by atoms with Crippen molar-refractivity contribution in [2.24, 2.45) is 0 Å². The Balaban J connectivity index is 2.04. The van der Waals surface area contributed by atoms with Crippen LogP contribution in [0.4, 0.5) is 0 Å². The number of aliphatic hydroxyl groups excluding tert-OH is 1. The molecular weight excluding hydrogens is 294 g/mol. The van der Waals surface area contributed by atoms with Crippen LogP contribution in [0.5, 0.6) is 0 Å². The maximum absolute atomic E-state index is 11.7. The van der Waals surface area contributed by atoms with Crippen molar-refractivity contribution >= 4 is 31.4 Å². The highest BCUT2D eigenvalue weighted by Gasteiger charge is 2.16. The molecule has 1 aromatic carbocycles. The minimum Gasteiger partial charge on any atom is -0.387 e. The predicted octanol–water partition coefficient (Wildman–Crippen LogP) is 2.65. The van der Waals surface area contributed by atoms with Crippen molar-refractivity contribution in [2.75, 3.05) is 12.3 Å². The lowest BCUT2D eigenvalue weighted by molar-refractivity contribution is 0.184. The fourth-order valence-corrected chi connectivity index (χ4v) is 4.21. The van der Waals surface area contributed by atoms with E-state index in [0.29, 0.717) is 6.42 Å². The number of sulfonamides is 1. The number of aliphatic hydroxyl groups is 1. The lowest BCUT2D eigenvalue weighted by Gasteiger charge is -2.11. The molecule has 0 aliphatic carbocycles. The minimum absolute atomic E-state index is 0.0206. The summed E-state index contributed by atoms with van der Waals surface area (Å²) in [6, 6.07) is 7.79. The molecule has 2 N–H and O–H groups in total. The van der Waals surface area contributed by atoms with Gasteiger partial charge in [-0.25, -0.2) is 13.1 Å². The van der Waals surface area contributed by atoms with E-state index in [0.717, 1.165) is 22.1 Å². The molecule has 1 heterocycles. The van der Waals surface area contributed by atoms with E-state index in [1.54, 1.807) is 11.3 Å². The summed E-state index contributed by atoms with van der Waals surface area (Å²) in [7, 11) is -3.29. The van der Waals surface area contributed by atoms with Crippen molar-refractivity contribution < 1.29 is 13.5 Å². The Kier molecular flexibility index (Phi) is 5.15. The zero-order valence-electron chi connectivity index (χ0n) is 11.4. The van der Waals surface area contributed by atoms with Gasteiger partial charge < -0.3 is 5.11 Å². The first-order valence-corrected chi connectivity index (χ1v) is 9.18. The second-order valence-corrected chi connectivity index (χ2v) is 7.56. The number of nitrogens with one attached hydrogen (secondary N) is 1. The maximum atomic E-state index is 11.7. The molecule has 6 heteroatoms. The van der Waals surface area contributed by atoms with Crippen LogP contribution in [0.15, 0.2) is 29.6 Å². The Morgan fingerprint density at radius 3 is 2.85 bits per heavy atom. The van der Waals surface area contributed by atoms with E-state index in [1.165, 1.54) is 0 Å². The molecule has 1 atom stereocenters. The standard InChI is InChI=1S/C14H19NO3S2/c1-2-3-8-20(17,18)15-9-13(16)12-10-19-14-7-5-4-6-11(12)14/h4-7,10,13,15-16H,2-3,8-9H2,1H3. The molecule has 0 aliphatic rings. The molecule has 0 amide bonds. The van der Waals surface area contributed by atoms with Crippen molar-refractivity contribution in [3.8, 4) is 0 Å². The summed E-state index contributed by atoms with van der Waals surface area (Å²) >= 11 is 1.55. The Morgan fingerprint density at radius 2 is 2.10 bits per heavy atom. The van der Waals surface area contributed by atoms with Gasteiger partial charge in [0.2, 0.25) is 10.0 Å².